The quantitative estimate of drug-likeness (QED) is 0.830. The molecule has 1 heterocycles. The van der Waals surface area contributed by atoms with Gasteiger partial charge in [-0.25, -0.2) is 12.8 Å². The average Bonchev–Trinajstić information content (AvgIpc) is 2.13. The Kier molecular flexibility index (Phi) is 3.76. The predicted octanol–water partition coefficient (Wildman–Crippen LogP) is 0.689. The maximum absolute atomic E-state index is 12.7. The SMILES string of the molecule is CS(=O)(=O)CCC(O)c1cncc(F)c1. The van der Waals surface area contributed by atoms with Crippen LogP contribution in [0.5, 0.6) is 0 Å². The van der Waals surface area contributed by atoms with Gasteiger partial charge in [-0.3, -0.25) is 4.98 Å². The number of aromatic nitrogens is 1. The number of nitrogens with zero attached hydrogens (tertiary/aromatic N) is 1. The lowest BCUT2D eigenvalue weighted by atomic mass is 10.1. The van der Waals surface area contributed by atoms with Gasteiger partial charge in [0.25, 0.3) is 0 Å². The molecule has 0 spiro atoms. The number of halogens is 1. The molecular formula is C9H12FNO3S. The molecule has 0 radical (unpaired) electrons. The van der Waals surface area contributed by atoms with Crippen molar-refractivity contribution in [1.82, 2.24) is 4.98 Å². The van der Waals surface area contributed by atoms with E-state index in [4.69, 9.17) is 0 Å². The Morgan fingerprint density at radius 1 is 1.53 bits per heavy atom. The van der Waals surface area contributed by atoms with Crippen LogP contribution in [0.4, 0.5) is 4.39 Å². The monoisotopic (exact) mass is 233 g/mol. The molecular weight excluding hydrogens is 221 g/mol. The highest BCUT2D eigenvalue weighted by molar-refractivity contribution is 7.90. The van der Waals surface area contributed by atoms with E-state index in [1.165, 1.54) is 6.20 Å². The highest BCUT2D eigenvalue weighted by atomic mass is 32.2. The lowest BCUT2D eigenvalue weighted by Gasteiger charge is -2.09. The third kappa shape index (κ3) is 4.35. The molecule has 0 fully saturated rings. The van der Waals surface area contributed by atoms with E-state index in [1.54, 1.807) is 0 Å². The van der Waals surface area contributed by atoms with Crippen LogP contribution in [0.25, 0.3) is 0 Å². The zero-order chi connectivity index (χ0) is 11.5. The predicted molar refractivity (Wildman–Crippen MR) is 53.5 cm³/mol. The van der Waals surface area contributed by atoms with E-state index in [1.807, 2.05) is 0 Å². The minimum Gasteiger partial charge on any atom is -0.388 e. The second-order valence-electron chi connectivity index (χ2n) is 3.37. The van der Waals surface area contributed by atoms with Crippen molar-refractivity contribution in [2.75, 3.05) is 12.0 Å². The first-order valence-corrected chi connectivity index (χ1v) is 6.41. The van der Waals surface area contributed by atoms with Gasteiger partial charge in [0.15, 0.2) is 0 Å². The largest absolute Gasteiger partial charge is 0.388 e. The Hall–Kier alpha value is -1.01. The summed E-state index contributed by atoms with van der Waals surface area (Å²) in [4.78, 5) is 3.57. The van der Waals surface area contributed by atoms with E-state index >= 15 is 0 Å². The van der Waals surface area contributed by atoms with Gasteiger partial charge in [0.2, 0.25) is 0 Å². The molecule has 0 amide bonds. The molecule has 0 saturated carbocycles. The van der Waals surface area contributed by atoms with Crippen molar-refractivity contribution in [3.63, 3.8) is 0 Å². The van der Waals surface area contributed by atoms with Gasteiger partial charge >= 0.3 is 0 Å². The van der Waals surface area contributed by atoms with Crippen LogP contribution in [0.2, 0.25) is 0 Å². The lowest BCUT2D eigenvalue weighted by molar-refractivity contribution is 0.173. The molecule has 0 aromatic carbocycles. The van der Waals surface area contributed by atoms with Crippen LogP contribution in [0.15, 0.2) is 18.5 Å². The van der Waals surface area contributed by atoms with Gasteiger partial charge in [-0.2, -0.15) is 0 Å². The van der Waals surface area contributed by atoms with Crippen LogP contribution >= 0.6 is 0 Å². The molecule has 0 aliphatic heterocycles. The summed E-state index contributed by atoms with van der Waals surface area (Å²) in [5.41, 5.74) is 0.290. The molecule has 1 N–H and O–H groups in total. The third-order valence-corrected chi connectivity index (χ3v) is 2.85. The van der Waals surface area contributed by atoms with Crippen molar-refractivity contribution in [3.05, 3.63) is 29.8 Å². The van der Waals surface area contributed by atoms with Crippen LogP contribution < -0.4 is 0 Å². The minimum absolute atomic E-state index is 0.0456. The van der Waals surface area contributed by atoms with Gasteiger partial charge in [0.1, 0.15) is 15.7 Å². The summed E-state index contributed by atoms with van der Waals surface area (Å²) in [6.07, 6.45) is 2.47. The topological polar surface area (TPSA) is 67.3 Å². The maximum Gasteiger partial charge on any atom is 0.147 e. The van der Waals surface area contributed by atoms with Gasteiger partial charge in [-0.15, -0.1) is 0 Å². The van der Waals surface area contributed by atoms with Crippen molar-refractivity contribution in [1.29, 1.82) is 0 Å². The molecule has 15 heavy (non-hydrogen) atoms. The Bertz CT molecular complexity index is 433. The summed E-state index contributed by atoms with van der Waals surface area (Å²) in [5.74, 6) is -0.684. The van der Waals surface area contributed by atoms with Gasteiger partial charge < -0.3 is 5.11 Å². The summed E-state index contributed by atoms with van der Waals surface area (Å²) < 4.78 is 34.4. The summed E-state index contributed by atoms with van der Waals surface area (Å²) in [5, 5.41) is 9.54. The molecule has 1 atom stereocenters. The molecule has 1 unspecified atom stereocenters. The van der Waals surface area contributed by atoms with Crippen LogP contribution in [0.1, 0.15) is 18.1 Å². The van der Waals surface area contributed by atoms with Gasteiger partial charge in [0, 0.05) is 18.0 Å². The van der Waals surface area contributed by atoms with Crippen LogP contribution in [-0.4, -0.2) is 30.5 Å². The first-order valence-electron chi connectivity index (χ1n) is 4.35. The molecule has 1 rings (SSSR count). The second-order valence-corrected chi connectivity index (χ2v) is 5.63. The number of hydrogen-bond donors (Lipinski definition) is 1. The van der Waals surface area contributed by atoms with Gasteiger partial charge in [-0.1, -0.05) is 0 Å². The minimum atomic E-state index is -3.11. The molecule has 0 saturated heterocycles. The number of rotatable bonds is 4. The molecule has 0 bridgehead atoms. The Labute approximate surface area is 87.7 Å². The highest BCUT2D eigenvalue weighted by Gasteiger charge is 2.12. The molecule has 6 heteroatoms. The Balaban J connectivity index is 2.65. The lowest BCUT2D eigenvalue weighted by Crippen LogP contribution is -2.08. The van der Waals surface area contributed by atoms with Crippen LogP contribution in [0.3, 0.4) is 0 Å². The van der Waals surface area contributed by atoms with Crippen LogP contribution in [0, 0.1) is 5.82 Å². The van der Waals surface area contributed by atoms with Gasteiger partial charge in [0.05, 0.1) is 18.1 Å². The number of hydrogen-bond acceptors (Lipinski definition) is 4. The van der Waals surface area contributed by atoms with Crippen molar-refractivity contribution >= 4 is 9.84 Å². The number of sulfone groups is 1. The summed E-state index contributed by atoms with van der Waals surface area (Å²) in [6, 6.07) is 1.14. The van der Waals surface area contributed by atoms with Crippen LogP contribution in [-0.2, 0) is 9.84 Å². The summed E-state index contributed by atoms with van der Waals surface area (Å²) in [6.45, 7) is 0. The number of pyridine rings is 1. The molecule has 0 aliphatic rings. The molecule has 0 aliphatic carbocycles. The molecule has 1 aromatic heterocycles. The van der Waals surface area contributed by atoms with Crippen molar-refractivity contribution < 1.29 is 17.9 Å². The first kappa shape index (κ1) is 12.1. The number of aliphatic hydroxyl groups excluding tert-OH is 1. The zero-order valence-electron chi connectivity index (χ0n) is 8.22. The maximum atomic E-state index is 12.7. The van der Waals surface area contributed by atoms with E-state index in [0.717, 1.165) is 18.5 Å². The summed E-state index contributed by atoms with van der Waals surface area (Å²) >= 11 is 0. The van der Waals surface area contributed by atoms with E-state index in [9.17, 15) is 17.9 Å². The molecule has 4 nitrogen and oxygen atoms in total. The molecule has 84 valence electrons. The summed E-state index contributed by atoms with van der Waals surface area (Å²) in [7, 11) is -3.11. The fraction of sp³-hybridized carbons (Fsp3) is 0.444. The van der Waals surface area contributed by atoms with Crippen molar-refractivity contribution in [2.45, 2.75) is 12.5 Å². The highest BCUT2D eigenvalue weighted by Crippen LogP contribution is 2.16. The first-order chi connectivity index (χ1) is 6.88. The molecule has 1 aromatic rings. The number of aliphatic hydroxyl groups is 1. The van der Waals surface area contributed by atoms with E-state index in [2.05, 4.69) is 4.98 Å². The van der Waals surface area contributed by atoms with Gasteiger partial charge in [-0.05, 0) is 12.5 Å². The van der Waals surface area contributed by atoms with E-state index in [-0.39, 0.29) is 12.2 Å². The fourth-order valence-electron chi connectivity index (χ4n) is 1.10. The Morgan fingerprint density at radius 2 is 2.20 bits per heavy atom. The normalized spacial score (nSPS) is 13.8. The third-order valence-electron chi connectivity index (χ3n) is 1.87. The average molecular weight is 233 g/mol. The standard InChI is InChI=1S/C9H12FNO3S/c1-15(13,14)3-2-9(12)7-4-8(10)6-11-5-7/h4-6,9,12H,2-3H2,1H3. The second kappa shape index (κ2) is 4.67. The Morgan fingerprint density at radius 3 is 2.73 bits per heavy atom. The van der Waals surface area contributed by atoms with E-state index in [0.29, 0.717) is 5.56 Å². The van der Waals surface area contributed by atoms with E-state index < -0.39 is 21.8 Å². The van der Waals surface area contributed by atoms with Crippen molar-refractivity contribution in [2.24, 2.45) is 0 Å². The zero-order valence-corrected chi connectivity index (χ0v) is 9.04. The fourth-order valence-corrected chi connectivity index (χ4v) is 1.75. The smallest absolute Gasteiger partial charge is 0.147 e. The van der Waals surface area contributed by atoms with Crippen molar-refractivity contribution in [3.8, 4) is 0 Å².